The smallest absolute Gasteiger partial charge is 0.113 e. The minimum atomic E-state index is 0.623. The molecule has 1 aromatic rings. The van der Waals surface area contributed by atoms with Crippen LogP contribution in [0.25, 0.3) is 0 Å². The lowest BCUT2D eigenvalue weighted by atomic mass is 9.93. The lowest BCUT2D eigenvalue weighted by Crippen LogP contribution is -2.02. The summed E-state index contributed by atoms with van der Waals surface area (Å²) in [5.41, 5.74) is 2.30. The second kappa shape index (κ2) is 2.57. The maximum absolute atomic E-state index is 8.48. The summed E-state index contributed by atoms with van der Waals surface area (Å²) in [5, 5.41) is 8.48. The molecular formula is C8H6BN. The number of nitriles is 1. The van der Waals surface area contributed by atoms with Crippen LogP contribution in [0.2, 0.25) is 0 Å². The molecule has 0 unspecified atom stereocenters. The van der Waals surface area contributed by atoms with Crippen LogP contribution < -0.4 is 5.46 Å². The molecule has 0 fully saturated rings. The van der Waals surface area contributed by atoms with Crippen molar-refractivity contribution in [3.8, 4) is 6.07 Å². The molecule has 2 radical (unpaired) electrons. The Morgan fingerprint density at radius 1 is 1.40 bits per heavy atom. The van der Waals surface area contributed by atoms with E-state index in [4.69, 9.17) is 13.1 Å². The summed E-state index contributed by atoms with van der Waals surface area (Å²) in [6.45, 7) is 1.91. The van der Waals surface area contributed by atoms with E-state index < -0.39 is 0 Å². The molecule has 0 aromatic heterocycles. The normalized spacial score (nSPS) is 8.80. The topological polar surface area (TPSA) is 23.8 Å². The monoisotopic (exact) mass is 127 g/mol. The van der Waals surface area contributed by atoms with E-state index in [0.29, 0.717) is 11.0 Å². The van der Waals surface area contributed by atoms with Crippen LogP contribution in [-0.4, -0.2) is 7.85 Å². The summed E-state index contributed by atoms with van der Waals surface area (Å²) in [6.07, 6.45) is 0. The molecule has 0 amide bonds. The minimum Gasteiger partial charge on any atom is -0.192 e. The van der Waals surface area contributed by atoms with E-state index in [-0.39, 0.29) is 0 Å². The SMILES string of the molecule is [B]c1cc(C)cc(C#N)c1. The van der Waals surface area contributed by atoms with Gasteiger partial charge in [-0.1, -0.05) is 23.2 Å². The second-order valence-corrected chi connectivity index (χ2v) is 2.24. The fourth-order valence-corrected chi connectivity index (χ4v) is 0.877. The van der Waals surface area contributed by atoms with Gasteiger partial charge in [-0.15, -0.1) is 0 Å². The van der Waals surface area contributed by atoms with Gasteiger partial charge in [0.1, 0.15) is 7.85 Å². The van der Waals surface area contributed by atoms with E-state index in [1.807, 2.05) is 19.1 Å². The van der Waals surface area contributed by atoms with Gasteiger partial charge in [-0.2, -0.15) is 5.26 Å². The molecule has 0 atom stereocenters. The highest BCUT2D eigenvalue weighted by atomic mass is 14.2. The van der Waals surface area contributed by atoms with Gasteiger partial charge in [0, 0.05) is 0 Å². The molecular weight excluding hydrogens is 121 g/mol. The molecule has 1 aromatic carbocycles. The van der Waals surface area contributed by atoms with E-state index in [0.717, 1.165) is 5.56 Å². The number of hydrogen-bond acceptors (Lipinski definition) is 1. The third-order valence-electron chi connectivity index (χ3n) is 1.23. The fourth-order valence-electron chi connectivity index (χ4n) is 0.877. The van der Waals surface area contributed by atoms with Crippen molar-refractivity contribution in [2.24, 2.45) is 0 Å². The number of benzene rings is 1. The molecule has 0 aliphatic heterocycles. The molecule has 0 spiro atoms. The molecule has 0 saturated heterocycles. The van der Waals surface area contributed by atoms with Crippen LogP contribution in [-0.2, 0) is 0 Å². The van der Waals surface area contributed by atoms with Gasteiger partial charge in [0.25, 0.3) is 0 Å². The zero-order valence-electron chi connectivity index (χ0n) is 5.76. The van der Waals surface area contributed by atoms with Crippen LogP contribution >= 0.6 is 0 Å². The number of hydrogen-bond donors (Lipinski definition) is 0. The Hall–Kier alpha value is -1.23. The lowest BCUT2D eigenvalue weighted by Gasteiger charge is -1.95. The summed E-state index contributed by atoms with van der Waals surface area (Å²) in [5.74, 6) is 0. The van der Waals surface area contributed by atoms with Crippen LogP contribution in [0, 0.1) is 18.3 Å². The second-order valence-electron chi connectivity index (χ2n) is 2.24. The van der Waals surface area contributed by atoms with E-state index in [1.54, 1.807) is 12.1 Å². The molecule has 0 N–H and O–H groups in total. The van der Waals surface area contributed by atoms with Crippen molar-refractivity contribution in [1.29, 1.82) is 5.26 Å². The van der Waals surface area contributed by atoms with Crippen molar-refractivity contribution in [2.75, 3.05) is 0 Å². The highest BCUT2D eigenvalue weighted by molar-refractivity contribution is 6.32. The predicted octanol–water partition coefficient (Wildman–Crippen LogP) is 0.661. The molecule has 0 aliphatic carbocycles. The molecule has 46 valence electrons. The zero-order valence-corrected chi connectivity index (χ0v) is 5.76. The van der Waals surface area contributed by atoms with Crippen molar-refractivity contribution in [3.05, 3.63) is 29.3 Å². The lowest BCUT2D eigenvalue weighted by molar-refractivity contribution is 1.44. The molecule has 10 heavy (non-hydrogen) atoms. The minimum absolute atomic E-state index is 0.623. The van der Waals surface area contributed by atoms with Crippen LogP contribution in [0.5, 0.6) is 0 Å². The van der Waals surface area contributed by atoms with E-state index in [2.05, 4.69) is 0 Å². The number of rotatable bonds is 0. The summed E-state index contributed by atoms with van der Waals surface area (Å²) in [6, 6.07) is 7.32. The van der Waals surface area contributed by atoms with Gasteiger partial charge in [-0.3, -0.25) is 0 Å². The number of aryl methyl sites for hydroxylation is 1. The average Bonchev–Trinajstić information content (AvgIpc) is 1.85. The van der Waals surface area contributed by atoms with E-state index in [9.17, 15) is 0 Å². The fraction of sp³-hybridized carbons (Fsp3) is 0.125. The Kier molecular flexibility index (Phi) is 1.77. The van der Waals surface area contributed by atoms with Gasteiger partial charge in [-0.25, -0.2) is 0 Å². The maximum Gasteiger partial charge on any atom is 0.113 e. The third-order valence-corrected chi connectivity index (χ3v) is 1.23. The van der Waals surface area contributed by atoms with Crippen molar-refractivity contribution in [2.45, 2.75) is 6.92 Å². The quantitative estimate of drug-likeness (QED) is 0.469. The first-order valence-electron chi connectivity index (χ1n) is 2.99. The van der Waals surface area contributed by atoms with Crippen LogP contribution in [0.3, 0.4) is 0 Å². The molecule has 2 heteroatoms. The summed E-state index contributed by atoms with van der Waals surface area (Å²) >= 11 is 0. The first kappa shape index (κ1) is 6.89. The molecule has 1 nitrogen and oxygen atoms in total. The standard InChI is InChI=1S/C8H6BN/c1-6-2-7(5-10)4-8(9)3-6/h2-4H,1H3. The summed E-state index contributed by atoms with van der Waals surface area (Å²) < 4.78 is 0. The Labute approximate surface area is 61.7 Å². The highest BCUT2D eigenvalue weighted by Crippen LogP contribution is 1.98. The third kappa shape index (κ3) is 1.38. The van der Waals surface area contributed by atoms with Gasteiger partial charge in [0.2, 0.25) is 0 Å². The van der Waals surface area contributed by atoms with Gasteiger partial charge >= 0.3 is 0 Å². The van der Waals surface area contributed by atoms with Crippen LogP contribution in [0.1, 0.15) is 11.1 Å². The van der Waals surface area contributed by atoms with Crippen molar-refractivity contribution >= 4 is 13.3 Å². The van der Waals surface area contributed by atoms with Crippen molar-refractivity contribution < 1.29 is 0 Å². The molecule has 0 saturated carbocycles. The molecule has 0 bridgehead atoms. The molecule has 1 rings (SSSR count). The van der Waals surface area contributed by atoms with Crippen LogP contribution in [0.15, 0.2) is 18.2 Å². The Bertz CT molecular complexity index is 266. The Morgan fingerprint density at radius 3 is 2.60 bits per heavy atom. The first-order chi connectivity index (χ1) is 4.72. The molecule has 0 heterocycles. The van der Waals surface area contributed by atoms with Crippen LogP contribution in [0.4, 0.5) is 0 Å². The van der Waals surface area contributed by atoms with E-state index >= 15 is 0 Å². The average molecular weight is 127 g/mol. The summed E-state index contributed by atoms with van der Waals surface area (Å²) in [4.78, 5) is 0. The van der Waals surface area contributed by atoms with Crippen molar-refractivity contribution in [3.63, 3.8) is 0 Å². The van der Waals surface area contributed by atoms with Gasteiger partial charge in [0.15, 0.2) is 0 Å². The van der Waals surface area contributed by atoms with Gasteiger partial charge in [0.05, 0.1) is 11.6 Å². The first-order valence-corrected chi connectivity index (χ1v) is 2.99. The zero-order chi connectivity index (χ0) is 7.56. The largest absolute Gasteiger partial charge is 0.192 e. The maximum atomic E-state index is 8.48. The van der Waals surface area contributed by atoms with Gasteiger partial charge in [-0.05, 0) is 13.0 Å². The van der Waals surface area contributed by atoms with Gasteiger partial charge < -0.3 is 0 Å². The van der Waals surface area contributed by atoms with E-state index in [1.165, 1.54) is 0 Å². The number of nitrogens with zero attached hydrogens (tertiary/aromatic N) is 1. The molecule has 0 aliphatic rings. The summed E-state index contributed by atoms with van der Waals surface area (Å²) in [7, 11) is 5.48. The van der Waals surface area contributed by atoms with Crippen molar-refractivity contribution in [1.82, 2.24) is 0 Å². The Morgan fingerprint density at radius 2 is 2.10 bits per heavy atom. The predicted molar refractivity (Wildman–Crippen MR) is 41.3 cm³/mol. The highest BCUT2D eigenvalue weighted by Gasteiger charge is 1.91. The Balaban J connectivity index is 3.22.